The van der Waals surface area contributed by atoms with Gasteiger partial charge >= 0.3 is 0 Å². The molecule has 0 aliphatic heterocycles. The Balaban J connectivity index is 1.99. The number of aliphatic hydroxyl groups excluding tert-OH is 1. The maximum absolute atomic E-state index is 12.3. The highest BCUT2D eigenvalue weighted by atomic mass is 16.2. The molecule has 1 aliphatic carbocycles. The number of carbonyl (C=O) groups excluding carboxylic acids is 1. The van der Waals surface area contributed by atoms with E-state index in [1.165, 1.54) is 12.8 Å². The van der Waals surface area contributed by atoms with Crippen LogP contribution in [0.3, 0.4) is 0 Å². The average Bonchev–Trinajstić information content (AvgIpc) is 2.48. The molecule has 112 valence electrons. The van der Waals surface area contributed by atoms with Gasteiger partial charge in [0.25, 0.3) is 5.91 Å². The first-order chi connectivity index (χ1) is 10.2. The highest BCUT2D eigenvalue weighted by Gasteiger charge is 2.20. The molecule has 0 saturated heterocycles. The Kier molecular flexibility index (Phi) is 5.83. The fourth-order valence-corrected chi connectivity index (χ4v) is 2.79. The van der Waals surface area contributed by atoms with Crippen molar-refractivity contribution in [2.45, 2.75) is 45.1 Å². The van der Waals surface area contributed by atoms with Gasteiger partial charge in [0.15, 0.2) is 0 Å². The molecule has 1 aliphatic rings. The fraction of sp³-hybridized carbons (Fsp3) is 0.500. The van der Waals surface area contributed by atoms with Gasteiger partial charge in [-0.25, -0.2) is 0 Å². The van der Waals surface area contributed by atoms with Crippen molar-refractivity contribution in [3.63, 3.8) is 0 Å². The second-order valence-electron chi connectivity index (χ2n) is 5.80. The Hall–Kier alpha value is -1.79. The van der Waals surface area contributed by atoms with E-state index in [1.54, 1.807) is 0 Å². The molecule has 0 aromatic heterocycles. The third-order valence-electron chi connectivity index (χ3n) is 3.87. The van der Waals surface area contributed by atoms with Gasteiger partial charge in [-0.1, -0.05) is 37.7 Å². The van der Waals surface area contributed by atoms with Crippen LogP contribution in [0.5, 0.6) is 0 Å². The summed E-state index contributed by atoms with van der Waals surface area (Å²) < 4.78 is 0. The van der Waals surface area contributed by atoms with E-state index in [9.17, 15) is 4.79 Å². The lowest BCUT2D eigenvalue weighted by Crippen LogP contribution is -2.37. The van der Waals surface area contributed by atoms with Crippen LogP contribution in [0.25, 0.3) is 0 Å². The van der Waals surface area contributed by atoms with Crippen molar-refractivity contribution in [3.05, 3.63) is 35.4 Å². The average molecular weight is 285 g/mol. The maximum Gasteiger partial charge on any atom is 0.251 e. The molecule has 3 nitrogen and oxygen atoms in total. The number of benzene rings is 1. The number of rotatable bonds is 3. The van der Waals surface area contributed by atoms with E-state index in [0.29, 0.717) is 23.9 Å². The lowest BCUT2D eigenvalue weighted by atomic mass is 9.87. The maximum atomic E-state index is 12.3. The van der Waals surface area contributed by atoms with Crippen LogP contribution >= 0.6 is 0 Å². The Morgan fingerprint density at radius 3 is 3.05 bits per heavy atom. The van der Waals surface area contributed by atoms with Crippen molar-refractivity contribution in [1.29, 1.82) is 0 Å². The lowest BCUT2D eigenvalue weighted by Gasteiger charge is -2.27. The van der Waals surface area contributed by atoms with Gasteiger partial charge in [0.1, 0.15) is 0 Å². The van der Waals surface area contributed by atoms with Crippen molar-refractivity contribution in [2.75, 3.05) is 6.61 Å². The Bertz CT molecular complexity index is 542. The van der Waals surface area contributed by atoms with Crippen LogP contribution in [0.15, 0.2) is 24.3 Å². The summed E-state index contributed by atoms with van der Waals surface area (Å²) in [6, 6.07) is 7.65. The molecule has 2 unspecified atom stereocenters. The third kappa shape index (κ3) is 4.91. The second kappa shape index (κ2) is 7.85. The quantitative estimate of drug-likeness (QED) is 0.839. The van der Waals surface area contributed by atoms with Crippen LogP contribution in [0, 0.1) is 17.8 Å². The molecule has 2 atom stereocenters. The normalized spacial score (nSPS) is 21.2. The Morgan fingerprint density at radius 1 is 1.43 bits per heavy atom. The topological polar surface area (TPSA) is 49.3 Å². The molecule has 0 bridgehead atoms. The molecule has 0 heterocycles. The van der Waals surface area contributed by atoms with E-state index < -0.39 is 0 Å². The molecule has 2 rings (SSSR count). The molecule has 1 aromatic carbocycles. The molecule has 0 radical (unpaired) electrons. The minimum atomic E-state index is -0.0140. The van der Waals surface area contributed by atoms with Crippen LogP contribution in [0.4, 0.5) is 0 Å². The summed E-state index contributed by atoms with van der Waals surface area (Å²) in [6.07, 6.45) is 5.06. The molecule has 1 amide bonds. The molecule has 21 heavy (non-hydrogen) atoms. The predicted octanol–water partition coefficient (Wildman–Crippen LogP) is 2.73. The van der Waals surface area contributed by atoms with Gasteiger partial charge in [0, 0.05) is 23.6 Å². The zero-order valence-electron chi connectivity index (χ0n) is 12.6. The Labute approximate surface area is 126 Å². The van der Waals surface area contributed by atoms with Crippen LogP contribution in [-0.2, 0) is 0 Å². The van der Waals surface area contributed by atoms with Crippen molar-refractivity contribution >= 4 is 5.91 Å². The van der Waals surface area contributed by atoms with Gasteiger partial charge in [-0.3, -0.25) is 4.79 Å². The number of aliphatic hydroxyl groups is 1. The number of carbonyl (C=O) groups is 1. The van der Waals surface area contributed by atoms with Crippen LogP contribution in [0.1, 0.15) is 54.9 Å². The zero-order valence-corrected chi connectivity index (χ0v) is 12.6. The van der Waals surface area contributed by atoms with E-state index in [2.05, 4.69) is 24.1 Å². The van der Waals surface area contributed by atoms with Crippen molar-refractivity contribution in [3.8, 4) is 11.8 Å². The monoisotopic (exact) mass is 285 g/mol. The summed E-state index contributed by atoms with van der Waals surface area (Å²) in [4.78, 5) is 12.3. The van der Waals surface area contributed by atoms with Gasteiger partial charge < -0.3 is 10.4 Å². The second-order valence-corrected chi connectivity index (χ2v) is 5.80. The minimum absolute atomic E-state index is 0.0140. The first-order valence-electron chi connectivity index (χ1n) is 7.69. The highest BCUT2D eigenvalue weighted by molar-refractivity contribution is 5.94. The van der Waals surface area contributed by atoms with Gasteiger partial charge in [0.05, 0.1) is 6.61 Å². The number of hydrogen-bond acceptors (Lipinski definition) is 2. The lowest BCUT2D eigenvalue weighted by molar-refractivity contribution is 0.0921. The number of hydrogen-bond donors (Lipinski definition) is 2. The van der Waals surface area contributed by atoms with Crippen molar-refractivity contribution in [2.24, 2.45) is 5.92 Å². The van der Waals surface area contributed by atoms with Gasteiger partial charge in [0.2, 0.25) is 0 Å². The summed E-state index contributed by atoms with van der Waals surface area (Å²) in [5.74, 6) is 6.51. The molecular formula is C18H23NO2. The van der Waals surface area contributed by atoms with Gasteiger partial charge in [-0.2, -0.15) is 0 Å². The molecule has 1 aromatic rings. The first kappa shape index (κ1) is 15.6. The first-order valence-corrected chi connectivity index (χ1v) is 7.69. The van der Waals surface area contributed by atoms with Crippen molar-refractivity contribution < 1.29 is 9.90 Å². The van der Waals surface area contributed by atoms with E-state index in [4.69, 9.17) is 5.11 Å². The molecule has 1 saturated carbocycles. The molecule has 3 heteroatoms. The van der Waals surface area contributed by atoms with Crippen LogP contribution < -0.4 is 5.32 Å². The third-order valence-corrected chi connectivity index (χ3v) is 3.87. The van der Waals surface area contributed by atoms with Crippen LogP contribution in [-0.4, -0.2) is 23.7 Å². The fourth-order valence-electron chi connectivity index (χ4n) is 2.79. The van der Waals surface area contributed by atoms with E-state index >= 15 is 0 Å². The van der Waals surface area contributed by atoms with Gasteiger partial charge in [-0.05, 0) is 37.0 Å². The SMILES string of the molecule is CC1CCCC(NC(=O)c2cccc(C#CCCO)c2)C1. The zero-order chi connectivity index (χ0) is 15.1. The summed E-state index contributed by atoms with van der Waals surface area (Å²) >= 11 is 0. The number of amides is 1. The van der Waals surface area contributed by atoms with E-state index in [0.717, 1.165) is 18.4 Å². The predicted molar refractivity (Wildman–Crippen MR) is 83.9 cm³/mol. The minimum Gasteiger partial charge on any atom is -0.395 e. The summed E-state index contributed by atoms with van der Waals surface area (Å²) in [5.41, 5.74) is 1.47. The molecular weight excluding hydrogens is 262 g/mol. The molecule has 2 N–H and O–H groups in total. The van der Waals surface area contributed by atoms with Crippen molar-refractivity contribution in [1.82, 2.24) is 5.32 Å². The van der Waals surface area contributed by atoms with Gasteiger partial charge in [-0.15, -0.1) is 0 Å². The molecule has 0 spiro atoms. The van der Waals surface area contributed by atoms with E-state index in [-0.39, 0.29) is 12.5 Å². The molecule has 1 fully saturated rings. The Morgan fingerprint density at radius 2 is 2.29 bits per heavy atom. The largest absolute Gasteiger partial charge is 0.395 e. The highest BCUT2D eigenvalue weighted by Crippen LogP contribution is 2.23. The summed E-state index contributed by atoms with van der Waals surface area (Å²) in [6.45, 7) is 2.31. The number of nitrogens with one attached hydrogen (secondary N) is 1. The standard InChI is InChI=1S/C18H23NO2/c1-14-6-4-10-17(12-14)19-18(21)16-9-5-8-15(13-16)7-2-3-11-20/h5,8-9,13-14,17,20H,3-4,6,10-12H2,1H3,(H,19,21). The summed E-state index contributed by atoms with van der Waals surface area (Å²) in [5, 5.41) is 11.9. The smallest absolute Gasteiger partial charge is 0.251 e. The summed E-state index contributed by atoms with van der Waals surface area (Å²) in [7, 11) is 0. The van der Waals surface area contributed by atoms with E-state index in [1.807, 2.05) is 24.3 Å². The van der Waals surface area contributed by atoms with Crippen LogP contribution in [0.2, 0.25) is 0 Å².